The molecule has 2 heterocycles. The van der Waals surface area contributed by atoms with Crippen molar-refractivity contribution in [3.8, 4) is 0 Å². The molecule has 1 aliphatic heterocycles. The number of hydrogen-bond donors (Lipinski definition) is 1. The van der Waals surface area contributed by atoms with E-state index < -0.39 is 0 Å². The van der Waals surface area contributed by atoms with Gasteiger partial charge in [0.05, 0.1) is 6.61 Å². The van der Waals surface area contributed by atoms with Crippen molar-refractivity contribution in [1.29, 1.82) is 0 Å². The van der Waals surface area contributed by atoms with E-state index in [1.165, 1.54) is 0 Å². The van der Waals surface area contributed by atoms with Gasteiger partial charge in [-0.2, -0.15) is 0 Å². The number of rotatable bonds is 3. The maximum atomic E-state index is 12.4. The Morgan fingerprint density at radius 1 is 1.37 bits per heavy atom. The summed E-state index contributed by atoms with van der Waals surface area (Å²) in [5, 5.41) is 8.96. The van der Waals surface area contributed by atoms with E-state index in [1.807, 2.05) is 4.90 Å². The number of halogens is 1. The number of aliphatic hydroxyl groups is 1. The van der Waals surface area contributed by atoms with Crippen LogP contribution in [0.2, 0.25) is 0 Å². The van der Waals surface area contributed by atoms with Crippen molar-refractivity contribution in [2.24, 2.45) is 0 Å². The van der Waals surface area contributed by atoms with Gasteiger partial charge in [0, 0.05) is 37.9 Å². The van der Waals surface area contributed by atoms with E-state index >= 15 is 0 Å². The molecule has 5 nitrogen and oxygen atoms in total. The zero-order valence-corrected chi connectivity index (χ0v) is 12.3. The van der Waals surface area contributed by atoms with E-state index in [0.29, 0.717) is 23.3 Å². The van der Waals surface area contributed by atoms with E-state index in [-0.39, 0.29) is 12.5 Å². The van der Waals surface area contributed by atoms with Gasteiger partial charge in [0.25, 0.3) is 5.91 Å². The lowest BCUT2D eigenvalue weighted by Crippen LogP contribution is -2.35. The van der Waals surface area contributed by atoms with E-state index in [2.05, 4.69) is 25.8 Å². The maximum absolute atomic E-state index is 12.4. The molecule has 0 unspecified atom stereocenters. The molecular weight excluding hydrogens is 310 g/mol. The lowest BCUT2D eigenvalue weighted by atomic mass is 10.2. The highest BCUT2D eigenvalue weighted by molar-refractivity contribution is 9.10. The first-order chi connectivity index (χ1) is 9.20. The van der Waals surface area contributed by atoms with Gasteiger partial charge in [-0.15, -0.1) is 0 Å². The van der Waals surface area contributed by atoms with Crippen LogP contribution in [0.3, 0.4) is 0 Å². The Bertz CT molecular complexity index is 442. The first kappa shape index (κ1) is 14.4. The monoisotopic (exact) mass is 327 g/mol. The molecule has 0 aromatic carbocycles. The Labute approximate surface area is 121 Å². The summed E-state index contributed by atoms with van der Waals surface area (Å²) in [7, 11) is 0. The van der Waals surface area contributed by atoms with Gasteiger partial charge in [-0.1, -0.05) is 0 Å². The SMILES string of the molecule is O=C(c1ccnc(Br)c1)N1CCCN(CCO)CC1. The Morgan fingerprint density at radius 2 is 2.21 bits per heavy atom. The third kappa shape index (κ3) is 3.99. The summed E-state index contributed by atoms with van der Waals surface area (Å²) in [5.41, 5.74) is 0.664. The molecule has 0 radical (unpaired) electrons. The molecule has 19 heavy (non-hydrogen) atoms. The van der Waals surface area contributed by atoms with Gasteiger partial charge in [-0.25, -0.2) is 4.98 Å². The highest BCUT2D eigenvalue weighted by Crippen LogP contribution is 2.12. The van der Waals surface area contributed by atoms with Gasteiger partial charge in [-0.05, 0) is 41.0 Å². The van der Waals surface area contributed by atoms with Crippen LogP contribution in [0.4, 0.5) is 0 Å². The lowest BCUT2D eigenvalue weighted by molar-refractivity contribution is 0.0760. The van der Waals surface area contributed by atoms with E-state index in [4.69, 9.17) is 5.11 Å². The molecule has 1 saturated heterocycles. The Balaban J connectivity index is 2.00. The molecule has 1 fully saturated rings. The first-order valence-electron chi connectivity index (χ1n) is 6.45. The molecule has 1 aromatic heterocycles. The van der Waals surface area contributed by atoms with Crippen LogP contribution in [0.5, 0.6) is 0 Å². The smallest absolute Gasteiger partial charge is 0.254 e. The maximum Gasteiger partial charge on any atom is 0.254 e. The predicted molar refractivity (Wildman–Crippen MR) is 76.0 cm³/mol. The van der Waals surface area contributed by atoms with Gasteiger partial charge >= 0.3 is 0 Å². The van der Waals surface area contributed by atoms with Gasteiger partial charge in [0.1, 0.15) is 4.60 Å². The molecule has 6 heteroatoms. The fourth-order valence-electron chi connectivity index (χ4n) is 2.26. The minimum absolute atomic E-state index is 0.0500. The number of nitrogens with zero attached hydrogens (tertiary/aromatic N) is 3. The number of aliphatic hydroxyl groups excluding tert-OH is 1. The lowest BCUT2D eigenvalue weighted by Gasteiger charge is -2.21. The fraction of sp³-hybridized carbons (Fsp3) is 0.538. The van der Waals surface area contributed by atoms with Crippen molar-refractivity contribution in [3.05, 3.63) is 28.5 Å². The largest absolute Gasteiger partial charge is 0.395 e. The second-order valence-electron chi connectivity index (χ2n) is 4.58. The Kier molecular flexibility index (Phi) is 5.30. The van der Waals surface area contributed by atoms with Crippen LogP contribution in [0.25, 0.3) is 0 Å². The third-order valence-electron chi connectivity index (χ3n) is 3.27. The van der Waals surface area contributed by atoms with Crippen molar-refractivity contribution in [2.45, 2.75) is 6.42 Å². The average Bonchev–Trinajstić information content (AvgIpc) is 2.64. The fourth-order valence-corrected chi connectivity index (χ4v) is 2.62. The molecule has 0 aliphatic carbocycles. The van der Waals surface area contributed by atoms with Crippen molar-refractivity contribution < 1.29 is 9.90 Å². The number of carbonyl (C=O) groups is 1. The number of hydrogen-bond acceptors (Lipinski definition) is 4. The zero-order chi connectivity index (χ0) is 13.7. The zero-order valence-electron chi connectivity index (χ0n) is 10.8. The molecule has 1 N–H and O–H groups in total. The summed E-state index contributed by atoms with van der Waals surface area (Å²) < 4.78 is 0.676. The van der Waals surface area contributed by atoms with Crippen molar-refractivity contribution in [2.75, 3.05) is 39.3 Å². The molecular formula is C13H18BrN3O2. The normalized spacial score (nSPS) is 17.3. The molecule has 0 atom stereocenters. The number of pyridine rings is 1. The van der Waals surface area contributed by atoms with Crippen LogP contribution in [0.15, 0.2) is 22.9 Å². The van der Waals surface area contributed by atoms with Crippen molar-refractivity contribution in [3.63, 3.8) is 0 Å². The molecule has 2 rings (SSSR count). The van der Waals surface area contributed by atoms with Crippen LogP contribution >= 0.6 is 15.9 Å². The summed E-state index contributed by atoms with van der Waals surface area (Å²) in [6.45, 7) is 4.08. The highest BCUT2D eigenvalue weighted by Gasteiger charge is 2.20. The minimum Gasteiger partial charge on any atom is -0.395 e. The molecule has 0 bridgehead atoms. The van der Waals surface area contributed by atoms with E-state index in [9.17, 15) is 4.79 Å². The summed E-state index contributed by atoms with van der Waals surface area (Å²) in [6, 6.07) is 3.49. The van der Waals surface area contributed by atoms with E-state index in [0.717, 1.165) is 26.1 Å². The molecule has 1 aromatic rings. The van der Waals surface area contributed by atoms with E-state index in [1.54, 1.807) is 18.3 Å². The van der Waals surface area contributed by atoms with Crippen molar-refractivity contribution >= 4 is 21.8 Å². The minimum atomic E-state index is 0.0500. The van der Waals surface area contributed by atoms with Gasteiger partial charge in [-0.3, -0.25) is 9.69 Å². The molecule has 104 valence electrons. The van der Waals surface area contributed by atoms with Gasteiger partial charge in [0.15, 0.2) is 0 Å². The van der Waals surface area contributed by atoms with Crippen LogP contribution < -0.4 is 0 Å². The van der Waals surface area contributed by atoms with Crippen LogP contribution in [-0.2, 0) is 0 Å². The number of β-amino-alcohol motifs (C(OH)–C–C–N with tert-alkyl or cyclic N) is 1. The predicted octanol–water partition coefficient (Wildman–Crippen LogP) is 0.984. The second-order valence-corrected chi connectivity index (χ2v) is 5.39. The molecule has 1 amide bonds. The van der Waals surface area contributed by atoms with Gasteiger partial charge in [0.2, 0.25) is 0 Å². The summed E-state index contributed by atoms with van der Waals surface area (Å²) in [5.74, 6) is 0.0500. The van der Waals surface area contributed by atoms with Crippen LogP contribution in [0.1, 0.15) is 16.8 Å². The van der Waals surface area contributed by atoms with Gasteiger partial charge < -0.3 is 10.0 Å². The summed E-state index contributed by atoms with van der Waals surface area (Å²) in [4.78, 5) is 20.5. The molecule has 1 aliphatic rings. The van der Waals surface area contributed by atoms with Crippen LogP contribution in [0, 0.1) is 0 Å². The average molecular weight is 328 g/mol. The Hall–Kier alpha value is -0.980. The number of aromatic nitrogens is 1. The van der Waals surface area contributed by atoms with Crippen molar-refractivity contribution in [1.82, 2.24) is 14.8 Å². The summed E-state index contributed by atoms with van der Waals surface area (Å²) >= 11 is 3.28. The molecule has 0 spiro atoms. The van der Waals surface area contributed by atoms with Crippen LogP contribution in [-0.4, -0.2) is 65.1 Å². The highest BCUT2D eigenvalue weighted by atomic mass is 79.9. The number of amides is 1. The standard InChI is InChI=1S/C13H18BrN3O2/c14-12-10-11(2-3-15-12)13(19)17-5-1-4-16(6-7-17)8-9-18/h2-3,10,18H,1,4-9H2. The third-order valence-corrected chi connectivity index (χ3v) is 3.70. The quantitative estimate of drug-likeness (QED) is 0.841. The Morgan fingerprint density at radius 3 is 2.95 bits per heavy atom. The molecule has 0 saturated carbocycles. The topological polar surface area (TPSA) is 56.7 Å². The first-order valence-corrected chi connectivity index (χ1v) is 7.24. The summed E-state index contributed by atoms with van der Waals surface area (Å²) in [6.07, 6.45) is 2.57. The number of carbonyl (C=O) groups excluding carboxylic acids is 1. The second kappa shape index (κ2) is 6.98.